The highest BCUT2D eigenvalue weighted by Gasteiger charge is 2.27. The lowest BCUT2D eigenvalue weighted by molar-refractivity contribution is 0.0712. The molecule has 0 aliphatic carbocycles. The second-order valence-corrected chi connectivity index (χ2v) is 8.25. The zero-order valence-corrected chi connectivity index (χ0v) is 17.0. The molecule has 1 N–H and O–H groups in total. The topological polar surface area (TPSA) is 36.1 Å². The van der Waals surface area contributed by atoms with Gasteiger partial charge >= 0.3 is 0 Å². The highest BCUT2D eigenvalue weighted by atomic mass is 35.5. The highest BCUT2D eigenvalue weighted by molar-refractivity contribution is 6.35. The van der Waals surface area contributed by atoms with Gasteiger partial charge in [-0.3, -0.25) is 4.79 Å². The van der Waals surface area contributed by atoms with E-state index in [1.165, 1.54) is 27.7 Å². The molecule has 1 aliphatic rings. The lowest BCUT2D eigenvalue weighted by Gasteiger charge is -2.32. The largest absolute Gasteiger partial charge is 0.358 e. The number of amides is 1. The summed E-state index contributed by atoms with van der Waals surface area (Å²) in [7, 11) is 0. The van der Waals surface area contributed by atoms with Crippen LogP contribution < -0.4 is 0 Å². The van der Waals surface area contributed by atoms with Crippen molar-refractivity contribution in [2.75, 3.05) is 13.1 Å². The fourth-order valence-electron chi connectivity index (χ4n) is 4.07. The summed E-state index contributed by atoms with van der Waals surface area (Å²) in [4.78, 5) is 18.3. The van der Waals surface area contributed by atoms with Crippen LogP contribution in [-0.4, -0.2) is 28.9 Å². The molecule has 1 aromatic heterocycles. The molecule has 4 rings (SSSR count). The van der Waals surface area contributed by atoms with E-state index in [4.69, 9.17) is 23.2 Å². The number of piperidine rings is 1. The molecule has 3 nitrogen and oxygen atoms in total. The fraction of sp³-hybridized carbons (Fsp3) is 0.318. The third-order valence-corrected chi connectivity index (χ3v) is 6.17. The van der Waals surface area contributed by atoms with Gasteiger partial charge in [-0.2, -0.15) is 0 Å². The monoisotopic (exact) mass is 400 g/mol. The summed E-state index contributed by atoms with van der Waals surface area (Å²) in [6.45, 7) is 5.76. The van der Waals surface area contributed by atoms with E-state index >= 15 is 0 Å². The van der Waals surface area contributed by atoms with Crippen molar-refractivity contribution in [1.29, 1.82) is 0 Å². The van der Waals surface area contributed by atoms with Crippen LogP contribution >= 0.6 is 23.2 Å². The SMILES string of the molecule is Cc1ccc2[nH]c(C3CCN(C(=O)c4cc(Cl)ccc4Cl)CC3)c(C)c2c1. The van der Waals surface area contributed by atoms with Crippen LogP contribution in [0.4, 0.5) is 0 Å². The second kappa shape index (κ2) is 7.21. The minimum Gasteiger partial charge on any atom is -0.358 e. The van der Waals surface area contributed by atoms with Crippen molar-refractivity contribution in [2.45, 2.75) is 32.6 Å². The number of carbonyl (C=O) groups is 1. The van der Waals surface area contributed by atoms with E-state index in [9.17, 15) is 4.79 Å². The Hall–Kier alpha value is -1.97. The predicted octanol–water partition coefficient (Wildman–Crippen LogP) is 6.11. The number of carbonyl (C=O) groups excluding carboxylic acids is 1. The normalized spacial score (nSPS) is 15.5. The predicted molar refractivity (Wildman–Crippen MR) is 112 cm³/mol. The van der Waals surface area contributed by atoms with Crippen LogP contribution in [0, 0.1) is 13.8 Å². The number of fused-ring (bicyclic) bond motifs is 1. The zero-order chi connectivity index (χ0) is 19.1. The van der Waals surface area contributed by atoms with E-state index in [0.717, 1.165) is 25.9 Å². The van der Waals surface area contributed by atoms with Crippen molar-refractivity contribution in [1.82, 2.24) is 9.88 Å². The Bertz CT molecular complexity index is 1020. The number of aromatic amines is 1. The van der Waals surface area contributed by atoms with Crippen LogP contribution in [0.15, 0.2) is 36.4 Å². The maximum absolute atomic E-state index is 12.8. The maximum Gasteiger partial charge on any atom is 0.255 e. The van der Waals surface area contributed by atoms with Gasteiger partial charge in [0.05, 0.1) is 10.6 Å². The molecule has 140 valence electrons. The van der Waals surface area contributed by atoms with Gasteiger partial charge in [0.25, 0.3) is 5.91 Å². The van der Waals surface area contributed by atoms with Crippen LogP contribution in [0.5, 0.6) is 0 Å². The molecule has 1 aliphatic heterocycles. The second-order valence-electron chi connectivity index (χ2n) is 7.40. The Morgan fingerprint density at radius 2 is 1.81 bits per heavy atom. The van der Waals surface area contributed by atoms with Crippen molar-refractivity contribution in [2.24, 2.45) is 0 Å². The van der Waals surface area contributed by atoms with Gasteiger partial charge in [-0.1, -0.05) is 34.8 Å². The number of nitrogens with zero attached hydrogens (tertiary/aromatic N) is 1. The molecule has 0 bridgehead atoms. The number of halogens is 2. The van der Waals surface area contributed by atoms with Crippen LogP contribution in [-0.2, 0) is 0 Å². The van der Waals surface area contributed by atoms with Gasteiger partial charge in [0.15, 0.2) is 0 Å². The number of nitrogens with one attached hydrogen (secondary N) is 1. The number of aromatic nitrogens is 1. The Labute approximate surface area is 169 Å². The van der Waals surface area contributed by atoms with Crippen molar-refractivity contribution >= 4 is 40.0 Å². The first-order valence-corrected chi connectivity index (χ1v) is 10.0. The molecule has 1 fully saturated rings. The number of hydrogen-bond donors (Lipinski definition) is 1. The molecule has 1 amide bonds. The number of hydrogen-bond acceptors (Lipinski definition) is 1. The van der Waals surface area contributed by atoms with Crippen LogP contribution in [0.1, 0.15) is 45.9 Å². The van der Waals surface area contributed by atoms with Crippen molar-refractivity contribution in [3.8, 4) is 0 Å². The summed E-state index contributed by atoms with van der Waals surface area (Å²) < 4.78 is 0. The molecule has 0 atom stereocenters. The summed E-state index contributed by atoms with van der Waals surface area (Å²) in [5.74, 6) is 0.404. The Kier molecular flexibility index (Phi) is 4.92. The molecular formula is C22H22Cl2N2O. The van der Waals surface area contributed by atoms with Crippen molar-refractivity contribution in [3.63, 3.8) is 0 Å². The van der Waals surface area contributed by atoms with Crippen molar-refractivity contribution < 1.29 is 4.79 Å². The molecule has 2 aromatic carbocycles. The first kappa shape index (κ1) is 18.4. The summed E-state index contributed by atoms with van der Waals surface area (Å²) in [5.41, 5.74) is 5.59. The maximum atomic E-state index is 12.8. The summed E-state index contributed by atoms with van der Waals surface area (Å²) in [5, 5.41) is 2.28. The minimum atomic E-state index is -0.0371. The molecule has 1 saturated heterocycles. The van der Waals surface area contributed by atoms with Crippen LogP contribution in [0.25, 0.3) is 10.9 Å². The first-order chi connectivity index (χ1) is 12.9. The third kappa shape index (κ3) is 3.46. The van der Waals surface area contributed by atoms with Gasteiger partial charge in [-0.15, -0.1) is 0 Å². The minimum absolute atomic E-state index is 0.0371. The molecule has 0 radical (unpaired) electrons. The Balaban J connectivity index is 1.51. The lowest BCUT2D eigenvalue weighted by atomic mass is 9.91. The van der Waals surface area contributed by atoms with Gasteiger partial charge in [0.1, 0.15) is 0 Å². The molecule has 5 heteroatoms. The summed E-state index contributed by atoms with van der Waals surface area (Å²) >= 11 is 12.2. The quantitative estimate of drug-likeness (QED) is 0.553. The number of H-pyrrole nitrogens is 1. The zero-order valence-electron chi connectivity index (χ0n) is 15.5. The van der Waals surface area contributed by atoms with E-state index in [0.29, 0.717) is 21.5 Å². The first-order valence-electron chi connectivity index (χ1n) is 9.27. The molecule has 27 heavy (non-hydrogen) atoms. The smallest absolute Gasteiger partial charge is 0.255 e. The van der Waals surface area contributed by atoms with Gasteiger partial charge in [-0.25, -0.2) is 0 Å². The fourth-order valence-corrected chi connectivity index (χ4v) is 4.44. The number of aryl methyl sites for hydroxylation is 2. The van der Waals surface area contributed by atoms with Crippen molar-refractivity contribution in [3.05, 3.63) is 68.8 Å². The Morgan fingerprint density at radius 3 is 2.56 bits per heavy atom. The summed E-state index contributed by atoms with van der Waals surface area (Å²) in [6, 6.07) is 11.6. The van der Waals surface area contributed by atoms with Gasteiger partial charge in [-0.05, 0) is 62.6 Å². The number of rotatable bonds is 2. The van der Waals surface area contributed by atoms with E-state index < -0.39 is 0 Å². The standard InChI is InChI=1S/C22H22Cl2N2O/c1-13-3-6-20-17(11-13)14(2)21(25-20)15-7-9-26(10-8-15)22(27)18-12-16(23)4-5-19(18)24/h3-6,11-12,15,25H,7-10H2,1-2H3. The molecule has 2 heterocycles. The van der Waals surface area contributed by atoms with Gasteiger partial charge < -0.3 is 9.88 Å². The third-order valence-electron chi connectivity index (χ3n) is 5.60. The van der Waals surface area contributed by atoms with Gasteiger partial charge in [0, 0.05) is 40.6 Å². The number of benzene rings is 2. The molecule has 0 saturated carbocycles. The highest BCUT2D eigenvalue weighted by Crippen LogP contribution is 2.34. The lowest BCUT2D eigenvalue weighted by Crippen LogP contribution is -2.38. The molecule has 0 spiro atoms. The molecular weight excluding hydrogens is 379 g/mol. The average molecular weight is 401 g/mol. The Morgan fingerprint density at radius 1 is 1.07 bits per heavy atom. The van der Waals surface area contributed by atoms with E-state index in [1.807, 2.05) is 4.90 Å². The summed E-state index contributed by atoms with van der Waals surface area (Å²) in [6.07, 6.45) is 1.88. The molecule has 0 unspecified atom stereocenters. The number of likely N-dealkylation sites (tertiary alicyclic amines) is 1. The van der Waals surface area contributed by atoms with E-state index in [-0.39, 0.29) is 5.91 Å². The van der Waals surface area contributed by atoms with Gasteiger partial charge in [0.2, 0.25) is 0 Å². The van der Waals surface area contributed by atoms with E-state index in [1.54, 1.807) is 18.2 Å². The van der Waals surface area contributed by atoms with Crippen LogP contribution in [0.3, 0.4) is 0 Å². The van der Waals surface area contributed by atoms with Crippen LogP contribution in [0.2, 0.25) is 10.0 Å². The average Bonchev–Trinajstić information content (AvgIpc) is 2.99. The van der Waals surface area contributed by atoms with E-state index in [2.05, 4.69) is 37.0 Å². The molecule has 3 aromatic rings.